The summed E-state index contributed by atoms with van der Waals surface area (Å²) in [4.78, 5) is 2.44. The Bertz CT molecular complexity index is 215. The Morgan fingerprint density at radius 1 is 1.19 bits per heavy atom. The van der Waals surface area contributed by atoms with Gasteiger partial charge in [-0.2, -0.15) is 0 Å². The van der Waals surface area contributed by atoms with Crippen LogP contribution >= 0.6 is 0 Å². The predicted molar refractivity (Wildman–Crippen MR) is 67.3 cm³/mol. The van der Waals surface area contributed by atoms with Crippen LogP contribution in [0.15, 0.2) is 0 Å². The average molecular weight is 225 g/mol. The van der Waals surface area contributed by atoms with Crippen LogP contribution in [0.2, 0.25) is 0 Å². The van der Waals surface area contributed by atoms with E-state index in [0.29, 0.717) is 17.9 Å². The van der Waals surface area contributed by atoms with Crippen LogP contribution in [-0.2, 0) is 0 Å². The molecular weight excluding hydrogens is 198 g/mol. The topological polar surface area (TPSA) is 23.5 Å². The second-order valence-electron chi connectivity index (χ2n) is 6.35. The van der Waals surface area contributed by atoms with Gasteiger partial charge in [0, 0.05) is 12.6 Å². The molecule has 2 rings (SSSR count). The van der Waals surface area contributed by atoms with Crippen LogP contribution in [-0.4, -0.2) is 35.7 Å². The molecule has 0 aromatic rings. The van der Waals surface area contributed by atoms with E-state index in [-0.39, 0.29) is 6.10 Å². The van der Waals surface area contributed by atoms with Crippen LogP contribution in [0.5, 0.6) is 0 Å². The first-order valence-corrected chi connectivity index (χ1v) is 6.96. The minimum atomic E-state index is -0.108. The normalized spacial score (nSPS) is 41.1. The second-order valence-corrected chi connectivity index (χ2v) is 6.35. The van der Waals surface area contributed by atoms with Crippen molar-refractivity contribution in [2.75, 3.05) is 13.6 Å². The summed E-state index contributed by atoms with van der Waals surface area (Å²) >= 11 is 0. The van der Waals surface area contributed by atoms with Gasteiger partial charge in [-0.3, -0.25) is 0 Å². The molecule has 4 atom stereocenters. The van der Waals surface area contributed by atoms with Crippen LogP contribution in [0.25, 0.3) is 0 Å². The molecule has 0 aliphatic heterocycles. The van der Waals surface area contributed by atoms with E-state index in [4.69, 9.17) is 0 Å². The van der Waals surface area contributed by atoms with Crippen LogP contribution in [0.1, 0.15) is 46.0 Å². The molecule has 16 heavy (non-hydrogen) atoms. The average Bonchev–Trinajstić information content (AvgIpc) is 2.09. The molecule has 4 unspecified atom stereocenters. The predicted octanol–water partition coefficient (Wildman–Crippen LogP) is 2.51. The quantitative estimate of drug-likeness (QED) is 0.798. The van der Waals surface area contributed by atoms with Crippen molar-refractivity contribution in [3.8, 4) is 0 Å². The van der Waals surface area contributed by atoms with Gasteiger partial charge < -0.3 is 10.0 Å². The first-order valence-electron chi connectivity index (χ1n) is 6.96. The number of aliphatic hydroxyl groups excluding tert-OH is 1. The molecule has 2 fully saturated rings. The molecule has 2 heteroatoms. The number of hydrogen-bond donors (Lipinski definition) is 1. The molecule has 2 saturated carbocycles. The first kappa shape index (κ1) is 12.4. The van der Waals surface area contributed by atoms with Gasteiger partial charge in [0.25, 0.3) is 0 Å². The van der Waals surface area contributed by atoms with E-state index >= 15 is 0 Å². The number of hydrogen-bond acceptors (Lipinski definition) is 2. The zero-order valence-corrected chi connectivity index (χ0v) is 11.0. The molecule has 0 radical (unpaired) electrons. The van der Waals surface area contributed by atoms with E-state index in [0.717, 1.165) is 12.3 Å². The highest BCUT2D eigenvalue weighted by Crippen LogP contribution is 2.34. The third-order valence-electron chi connectivity index (χ3n) is 4.68. The Kier molecular flexibility index (Phi) is 3.91. The molecule has 0 amide bonds. The minimum Gasteiger partial charge on any atom is -0.391 e. The van der Waals surface area contributed by atoms with E-state index in [1.54, 1.807) is 0 Å². The summed E-state index contributed by atoms with van der Waals surface area (Å²) in [6.07, 6.45) is 6.37. The Hall–Kier alpha value is -0.0800. The van der Waals surface area contributed by atoms with Crippen molar-refractivity contribution in [2.24, 2.45) is 17.8 Å². The summed E-state index contributed by atoms with van der Waals surface area (Å²) < 4.78 is 0. The van der Waals surface area contributed by atoms with Gasteiger partial charge in [-0.1, -0.05) is 20.3 Å². The molecule has 0 saturated heterocycles. The zero-order chi connectivity index (χ0) is 11.7. The maximum absolute atomic E-state index is 10.2. The van der Waals surface area contributed by atoms with Gasteiger partial charge in [-0.15, -0.1) is 0 Å². The highest BCUT2D eigenvalue weighted by atomic mass is 16.3. The van der Waals surface area contributed by atoms with Crippen molar-refractivity contribution in [3.63, 3.8) is 0 Å². The largest absolute Gasteiger partial charge is 0.391 e. The van der Waals surface area contributed by atoms with Gasteiger partial charge >= 0.3 is 0 Å². The Labute approximate surface area is 100 Å². The number of nitrogens with zero attached hydrogens (tertiary/aromatic N) is 1. The lowest BCUT2D eigenvalue weighted by atomic mass is 9.76. The van der Waals surface area contributed by atoms with Crippen molar-refractivity contribution in [1.82, 2.24) is 4.90 Å². The van der Waals surface area contributed by atoms with E-state index in [1.165, 1.54) is 32.2 Å². The third kappa shape index (κ3) is 2.60. The van der Waals surface area contributed by atoms with Crippen LogP contribution in [0.3, 0.4) is 0 Å². The van der Waals surface area contributed by atoms with Gasteiger partial charge in [0.15, 0.2) is 0 Å². The number of likely N-dealkylation sites (N-methyl/N-ethyl adjacent to an activating group) is 1. The summed E-state index contributed by atoms with van der Waals surface area (Å²) in [6, 6.07) is 0.400. The van der Waals surface area contributed by atoms with Gasteiger partial charge in [0.2, 0.25) is 0 Å². The molecule has 0 heterocycles. The fraction of sp³-hybridized carbons (Fsp3) is 1.00. The minimum absolute atomic E-state index is 0.108. The maximum atomic E-state index is 10.2. The van der Waals surface area contributed by atoms with Gasteiger partial charge in [-0.05, 0) is 50.5 Å². The van der Waals surface area contributed by atoms with Crippen LogP contribution in [0.4, 0.5) is 0 Å². The Morgan fingerprint density at radius 3 is 2.38 bits per heavy atom. The van der Waals surface area contributed by atoms with E-state index in [9.17, 15) is 5.11 Å². The molecule has 0 aromatic carbocycles. The number of rotatable bonds is 3. The second kappa shape index (κ2) is 5.05. The van der Waals surface area contributed by atoms with Gasteiger partial charge in [-0.25, -0.2) is 0 Å². The maximum Gasteiger partial charge on any atom is 0.0700 e. The lowest BCUT2D eigenvalue weighted by molar-refractivity contribution is -0.0230. The summed E-state index contributed by atoms with van der Waals surface area (Å²) in [5.74, 6) is 2.24. The summed E-state index contributed by atoms with van der Waals surface area (Å²) in [6.45, 7) is 5.77. The highest BCUT2D eigenvalue weighted by Gasteiger charge is 2.36. The third-order valence-corrected chi connectivity index (χ3v) is 4.68. The molecule has 0 spiro atoms. The SMILES string of the molecule is CC1CC(C)C(N(C)CC2CCC2)C(O)C1. The van der Waals surface area contributed by atoms with Crippen molar-refractivity contribution in [3.05, 3.63) is 0 Å². The Balaban J connectivity index is 1.89. The molecule has 0 aromatic heterocycles. The zero-order valence-electron chi connectivity index (χ0n) is 11.0. The first-order chi connectivity index (χ1) is 7.58. The summed E-state index contributed by atoms with van der Waals surface area (Å²) in [5.41, 5.74) is 0. The molecule has 2 aliphatic rings. The standard InChI is InChI=1S/C14H27NO/c1-10-7-11(2)14(13(16)8-10)15(3)9-12-5-4-6-12/h10-14,16H,4-9H2,1-3H3. The number of aliphatic hydroxyl groups is 1. The highest BCUT2D eigenvalue weighted by molar-refractivity contribution is 4.90. The molecule has 0 bridgehead atoms. The van der Waals surface area contributed by atoms with Crippen molar-refractivity contribution < 1.29 is 5.11 Å². The molecule has 2 nitrogen and oxygen atoms in total. The molecule has 1 N–H and O–H groups in total. The molecular formula is C14H27NO. The smallest absolute Gasteiger partial charge is 0.0700 e. The van der Waals surface area contributed by atoms with Gasteiger partial charge in [0.1, 0.15) is 0 Å². The van der Waals surface area contributed by atoms with Crippen molar-refractivity contribution in [1.29, 1.82) is 0 Å². The van der Waals surface area contributed by atoms with E-state index < -0.39 is 0 Å². The fourth-order valence-electron chi connectivity index (χ4n) is 3.73. The monoisotopic (exact) mass is 225 g/mol. The van der Waals surface area contributed by atoms with E-state index in [1.807, 2.05) is 0 Å². The fourth-order valence-corrected chi connectivity index (χ4v) is 3.73. The summed E-state index contributed by atoms with van der Waals surface area (Å²) in [7, 11) is 2.21. The molecule has 2 aliphatic carbocycles. The summed E-state index contributed by atoms with van der Waals surface area (Å²) in [5, 5.41) is 10.2. The van der Waals surface area contributed by atoms with Crippen molar-refractivity contribution in [2.45, 2.75) is 58.1 Å². The van der Waals surface area contributed by atoms with Crippen molar-refractivity contribution >= 4 is 0 Å². The van der Waals surface area contributed by atoms with Gasteiger partial charge in [0.05, 0.1) is 6.10 Å². The van der Waals surface area contributed by atoms with Crippen LogP contribution < -0.4 is 0 Å². The lowest BCUT2D eigenvalue weighted by Gasteiger charge is -2.44. The van der Waals surface area contributed by atoms with E-state index in [2.05, 4.69) is 25.8 Å². The Morgan fingerprint density at radius 2 is 1.88 bits per heavy atom. The lowest BCUT2D eigenvalue weighted by Crippen LogP contribution is -2.51. The molecule has 94 valence electrons. The van der Waals surface area contributed by atoms with Crippen LogP contribution in [0, 0.1) is 17.8 Å².